The third-order valence-electron chi connectivity index (χ3n) is 4.16. The first-order valence-electron chi connectivity index (χ1n) is 9.33. The van der Waals surface area contributed by atoms with Crippen molar-refractivity contribution in [2.24, 2.45) is 0 Å². The van der Waals surface area contributed by atoms with Gasteiger partial charge in [0.05, 0.1) is 16.1 Å². The van der Waals surface area contributed by atoms with Gasteiger partial charge in [-0.25, -0.2) is 22.8 Å². The summed E-state index contributed by atoms with van der Waals surface area (Å²) in [7, 11) is -6.21. The van der Waals surface area contributed by atoms with Crippen LogP contribution in [0.2, 0.25) is 0 Å². The quantitative estimate of drug-likeness (QED) is 0.0497. The Kier molecular flexibility index (Phi) is 10.9. The SMILES string of the molecule is O=C(OCCOC(=O)c1cccc([N+](=O)[O-])c1C(=O)OCC(F)(F)S(=O)(=O)[O-])c1cc(I)cc(I)c1I. The molecule has 200 valence electrons. The van der Waals surface area contributed by atoms with Crippen molar-refractivity contribution in [3.8, 4) is 0 Å². The number of esters is 3. The molecule has 0 unspecified atom stereocenters. The van der Waals surface area contributed by atoms with E-state index in [4.69, 9.17) is 9.47 Å². The van der Waals surface area contributed by atoms with Gasteiger partial charge in [-0.2, -0.15) is 8.78 Å². The van der Waals surface area contributed by atoms with Crippen LogP contribution in [0.25, 0.3) is 0 Å². The molecule has 12 nitrogen and oxygen atoms in total. The van der Waals surface area contributed by atoms with E-state index in [1.807, 2.05) is 73.8 Å². The molecule has 0 aliphatic rings. The average Bonchev–Trinajstić information content (AvgIpc) is 2.80. The molecule has 0 bridgehead atoms. The number of hydrogen-bond donors (Lipinski definition) is 0. The lowest BCUT2D eigenvalue weighted by molar-refractivity contribution is -0.385. The summed E-state index contributed by atoms with van der Waals surface area (Å²) in [5.41, 5.74) is -2.66. The van der Waals surface area contributed by atoms with Crippen molar-refractivity contribution in [2.75, 3.05) is 19.8 Å². The molecule has 0 fully saturated rings. The number of carbonyl (C=O) groups is 3. The predicted molar refractivity (Wildman–Crippen MR) is 143 cm³/mol. The molecule has 0 spiro atoms. The maximum absolute atomic E-state index is 13.3. The summed E-state index contributed by atoms with van der Waals surface area (Å²) in [5.74, 6) is -3.93. The summed E-state index contributed by atoms with van der Waals surface area (Å²) in [4.78, 5) is 47.3. The van der Waals surface area contributed by atoms with E-state index in [0.717, 1.165) is 25.3 Å². The second-order valence-electron chi connectivity index (χ2n) is 6.65. The average molecular weight is 880 g/mol. The van der Waals surface area contributed by atoms with Crippen molar-refractivity contribution >= 4 is 101 Å². The Labute approximate surface area is 247 Å². The zero-order valence-electron chi connectivity index (χ0n) is 17.7. The van der Waals surface area contributed by atoms with Crippen molar-refractivity contribution in [3.05, 3.63) is 67.8 Å². The number of halogens is 5. The third kappa shape index (κ3) is 8.10. The molecule has 0 saturated carbocycles. The Bertz CT molecular complexity index is 1370. The van der Waals surface area contributed by atoms with E-state index in [1.54, 1.807) is 6.07 Å². The second-order valence-corrected chi connectivity index (χ2v) is 11.6. The normalized spacial score (nSPS) is 11.5. The van der Waals surface area contributed by atoms with Crippen LogP contribution in [0, 0.1) is 20.8 Å². The summed E-state index contributed by atoms with van der Waals surface area (Å²) in [5, 5.41) is 6.27. The molecular weight excluding hydrogens is 869 g/mol. The molecule has 2 aromatic rings. The van der Waals surface area contributed by atoms with E-state index in [-0.39, 0.29) is 5.56 Å². The fourth-order valence-electron chi connectivity index (χ4n) is 2.50. The van der Waals surface area contributed by atoms with Gasteiger partial charge in [0.2, 0.25) is 0 Å². The summed E-state index contributed by atoms with van der Waals surface area (Å²) in [6, 6.07) is 6.05. The maximum atomic E-state index is 13.3. The topological polar surface area (TPSA) is 179 Å². The molecule has 18 heteroatoms. The largest absolute Gasteiger partial charge is 0.743 e. The van der Waals surface area contributed by atoms with Crippen molar-refractivity contribution < 1.29 is 55.3 Å². The van der Waals surface area contributed by atoms with Crippen LogP contribution in [0.1, 0.15) is 31.1 Å². The van der Waals surface area contributed by atoms with E-state index < -0.39 is 74.8 Å². The van der Waals surface area contributed by atoms with Crippen LogP contribution in [0.5, 0.6) is 0 Å². The fraction of sp³-hybridized carbons (Fsp3) is 0.211. The number of hydrogen-bond acceptors (Lipinski definition) is 11. The zero-order chi connectivity index (χ0) is 28.1. The van der Waals surface area contributed by atoms with Crippen molar-refractivity contribution in [2.45, 2.75) is 5.25 Å². The molecular formula is C19H11F2I3NO11S-. The summed E-state index contributed by atoms with van der Waals surface area (Å²) in [6.07, 6.45) is 0. The molecule has 0 N–H and O–H groups in total. The number of benzene rings is 2. The highest BCUT2D eigenvalue weighted by atomic mass is 127. The number of ether oxygens (including phenoxy) is 3. The van der Waals surface area contributed by atoms with Crippen molar-refractivity contribution in [3.63, 3.8) is 0 Å². The number of carbonyl (C=O) groups excluding carboxylic acids is 3. The smallest absolute Gasteiger partial charge is 0.367 e. The molecule has 0 aliphatic heterocycles. The molecule has 0 saturated heterocycles. The Balaban J connectivity index is 2.14. The van der Waals surface area contributed by atoms with Crippen LogP contribution in [0.15, 0.2) is 30.3 Å². The van der Waals surface area contributed by atoms with Crippen LogP contribution < -0.4 is 0 Å². The van der Waals surface area contributed by atoms with Gasteiger partial charge in [0.1, 0.15) is 13.2 Å². The molecule has 37 heavy (non-hydrogen) atoms. The molecule has 0 radical (unpaired) electrons. The van der Waals surface area contributed by atoms with Gasteiger partial charge < -0.3 is 18.8 Å². The minimum absolute atomic E-state index is 0.267. The van der Waals surface area contributed by atoms with Gasteiger partial charge in [-0.1, -0.05) is 6.07 Å². The van der Waals surface area contributed by atoms with Crippen LogP contribution in [-0.4, -0.2) is 60.9 Å². The molecule has 0 atom stereocenters. The Morgan fingerprint density at radius 1 is 0.946 bits per heavy atom. The molecule has 0 aliphatic carbocycles. The van der Waals surface area contributed by atoms with Gasteiger partial charge >= 0.3 is 23.2 Å². The van der Waals surface area contributed by atoms with Gasteiger partial charge in [-0.3, -0.25) is 10.1 Å². The standard InChI is InChI=1S/C19H12F2I3NO11S/c20-19(21,37(31,32)33)8-36-18(28)14-10(2-1-3-13(14)25(29)30)16(26)34-4-5-35-17(27)11-6-9(22)7-12(23)15(11)24/h1-3,6-7H,4-5,8H2,(H,31,32,33)/p-1. The monoisotopic (exact) mass is 880 g/mol. The Hall–Kier alpha value is -1.79. The first-order valence-corrected chi connectivity index (χ1v) is 14.0. The highest BCUT2D eigenvalue weighted by Gasteiger charge is 2.40. The zero-order valence-corrected chi connectivity index (χ0v) is 25.0. The highest BCUT2D eigenvalue weighted by molar-refractivity contribution is 14.1. The van der Waals surface area contributed by atoms with Crippen LogP contribution in [0.3, 0.4) is 0 Å². The lowest BCUT2D eigenvalue weighted by Crippen LogP contribution is -2.35. The second kappa shape index (κ2) is 12.8. The van der Waals surface area contributed by atoms with Gasteiger partial charge in [-0.05, 0) is 86.0 Å². The first kappa shape index (κ1) is 31.4. The molecule has 2 rings (SSSR count). The van der Waals surface area contributed by atoms with Crippen molar-refractivity contribution in [1.29, 1.82) is 0 Å². The van der Waals surface area contributed by atoms with Gasteiger partial charge in [-0.15, -0.1) is 0 Å². The van der Waals surface area contributed by atoms with Gasteiger partial charge in [0.15, 0.2) is 22.3 Å². The summed E-state index contributed by atoms with van der Waals surface area (Å²) < 4.78 is 74.6. The lowest BCUT2D eigenvalue weighted by atomic mass is 10.1. The highest BCUT2D eigenvalue weighted by Crippen LogP contribution is 2.27. The van der Waals surface area contributed by atoms with Crippen LogP contribution in [-0.2, 0) is 24.3 Å². The van der Waals surface area contributed by atoms with Crippen LogP contribution >= 0.6 is 67.8 Å². The Morgan fingerprint density at radius 2 is 1.51 bits per heavy atom. The molecule has 2 aromatic carbocycles. The maximum Gasteiger partial charge on any atom is 0.367 e. The number of nitro benzene ring substituents is 1. The van der Waals surface area contributed by atoms with Gasteiger partial charge in [0.25, 0.3) is 5.69 Å². The van der Waals surface area contributed by atoms with E-state index in [9.17, 15) is 46.2 Å². The minimum atomic E-state index is -6.21. The fourth-order valence-corrected chi connectivity index (χ4v) is 5.08. The summed E-state index contributed by atoms with van der Waals surface area (Å²) in [6.45, 7) is -3.23. The lowest BCUT2D eigenvalue weighted by Gasteiger charge is -2.19. The molecule has 0 heterocycles. The van der Waals surface area contributed by atoms with E-state index in [2.05, 4.69) is 4.74 Å². The minimum Gasteiger partial charge on any atom is -0.743 e. The summed E-state index contributed by atoms with van der Waals surface area (Å²) >= 11 is 6.01. The van der Waals surface area contributed by atoms with E-state index in [1.165, 1.54) is 0 Å². The molecule has 0 aromatic heterocycles. The van der Waals surface area contributed by atoms with Gasteiger partial charge in [0, 0.05) is 16.8 Å². The predicted octanol–water partition coefficient (Wildman–Crippen LogP) is 3.72. The van der Waals surface area contributed by atoms with Crippen LogP contribution in [0.4, 0.5) is 14.5 Å². The third-order valence-corrected chi connectivity index (χ3v) is 8.68. The number of alkyl halides is 2. The van der Waals surface area contributed by atoms with E-state index in [0.29, 0.717) is 3.57 Å². The number of nitrogens with zero attached hydrogens (tertiary/aromatic N) is 1. The van der Waals surface area contributed by atoms with E-state index >= 15 is 0 Å². The van der Waals surface area contributed by atoms with Crippen molar-refractivity contribution in [1.82, 2.24) is 0 Å². The molecule has 0 amide bonds. The first-order chi connectivity index (χ1) is 17.1. The number of nitro groups is 1. The Morgan fingerprint density at radius 3 is 2.05 bits per heavy atom. The number of rotatable bonds is 10.